The molecule has 0 radical (unpaired) electrons. The molecular formula is C16H19N5O2. The van der Waals surface area contributed by atoms with Crippen LogP contribution >= 0.6 is 0 Å². The second-order valence-corrected chi connectivity index (χ2v) is 5.50. The Balaban J connectivity index is 2.04. The third-order valence-electron chi connectivity index (χ3n) is 4.22. The molecule has 1 aromatic carbocycles. The van der Waals surface area contributed by atoms with E-state index in [4.69, 9.17) is 9.47 Å². The fourth-order valence-corrected chi connectivity index (χ4v) is 3.14. The van der Waals surface area contributed by atoms with Gasteiger partial charge in [-0.2, -0.15) is 9.97 Å². The molecule has 1 saturated heterocycles. The van der Waals surface area contributed by atoms with E-state index in [1.807, 2.05) is 18.2 Å². The summed E-state index contributed by atoms with van der Waals surface area (Å²) >= 11 is 0. The molecule has 7 heteroatoms. The number of hydrogen-bond acceptors (Lipinski definition) is 6. The van der Waals surface area contributed by atoms with Crippen LogP contribution in [-0.2, 0) is 0 Å². The minimum absolute atomic E-state index is 0.372. The predicted molar refractivity (Wildman–Crippen MR) is 89.6 cm³/mol. The minimum atomic E-state index is 0.372. The number of aromatic amines is 1. The summed E-state index contributed by atoms with van der Waals surface area (Å²) in [5, 5.41) is 5.37. The molecule has 0 saturated carbocycles. The first-order chi connectivity index (χ1) is 11.3. The van der Waals surface area contributed by atoms with E-state index in [0.29, 0.717) is 6.01 Å². The van der Waals surface area contributed by atoms with E-state index in [2.05, 4.69) is 25.2 Å². The summed E-state index contributed by atoms with van der Waals surface area (Å²) in [7, 11) is 3.27. The van der Waals surface area contributed by atoms with E-state index in [9.17, 15) is 0 Å². The SMILES string of the molecule is COc1nc(N2CCNCC2)c2c(n1)[nH]c1cccc(OC)c12. The van der Waals surface area contributed by atoms with Crippen molar-refractivity contribution >= 4 is 27.8 Å². The van der Waals surface area contributed by atoms with Crippen molar-refractivity contribution in [1.82, 2.24) is 20.3 Å². The highest BCUT2D eigenvalue weighted by Gasteiger charge is 2.22. The lowest BCUT2D eigenvalue weighted by Gasteiger charge is -2.29. The standard InChI is InChI=1S/C16H19N5O2/c1-22-11-5-3-4-10-12(11)13-14(18-10)19-16(23-2)20-15(13)21-8-6-17-7-9-21/h3-5,17H,6-9H2,1-2H3,(H,18,19,20). The van der Waals surface area contributed by atoms with E-state index < -0.39 is 0 Å². The number of hydrogen-bond donors (Lipinski definition) is 2. The van der Waals surface area contributed by atoms with Gasteiger partial charge in [-0.25, -0.2) is 0 Å². The largest absolute Gasteiger partial charge is 0.496 e. The normalized spacial score (nSPS) is 15.3. The average Bonchev–Trinajstić information content (AvgIpc) is 3.00. The van der Waals surface area contributed by atoms with Gasteiger partial charge in [-0.05, 0) is 12.1 Å². The summed E-state index contributed by atoms with van der Waals surface area (Å²) in [5.74, 6) is 1.71. The number of piperazine rings is 1. The zero-order valence-electron chi connectivity index (χ0n) is 13.2. The maximum atomic E-state index is 5.56. The molecule has 1 aliphatic rings. The smallest absolute Gasteiger partial charge is 0.320 e. The van der Waals surface area contributed by atoms with Crippen molar-refractivity contribution in [2.45, 2.75) is 0 Å². The second-order valence-electron chi connectivity index (χ2n) is 5.50. The van der Waals surface area contributed by atoms with Crippen molar-refractivity contribution in [2.75, 3.05) is 45.3 Å². The number of nitrogens with one attached hydrogen (secondary N) is 2. The fourth-order valence-electron chi connectivity index (χ4n) is 3.14. The Hall–Kier alpha value is -2.54. The van der Waals surface area contributed by atoms with Crippen LogP contribution in [0.25, 0.3) is 21.9 Å². The van der Waals surface area contributed by atoms with Crippen molar-refractivity contribution < 1.29 is 9.47 Å². The topological polar surface area (TPSA) is 75.3 Å². The van der Waals surface area contributed by atoms with Crippen LogP contribution in [0.5, 0.6) is 11.8 Å². The van der Waals surface area contributed by atoms with Gasteiger partial charge in [0.15, 0.2) is 0 Å². The number of benzene rings is 1. The number of anilines is 1. The van der Waals surface area contributed by atoms with Gasteiger partial charge in [-0.15, -0.1) is 0 Å². The quantitative estimate of drug-likeness (QED) is 0.764. The van der Waals surface area contributed by atoms with Gasteiger partial charge in [0.05, 0.1) is 30.5 Å². The maximum Gasteiger partial charge on any atom is 0.320 e. The van der Waals surface area contributed by atoms with E-state index in [0.717, 1.165) is 59.7 Å². The Morgan fingerprint density at radius 1 is 1.04 bits per heavy atom. The average molecular weight is 313 g/mol. The number of ether oxygens (including phenoxy) is 2. The highest BCUT2D eigenvalue weighted by atomic mass is 16.5. The first-order valence-corrected chi connectivity index (χ1v) is 7.68. The van der Waals surface area contributed by atoms with Crippen LogP contribution in [0.3, 0.4) is 0 Å². The van der Waals surface area contributed by atoms with Gasteiger partial charge in [0.2, 0.25) is 0 Å². The lowest BCUT2D eigenvalue weighted by Crippen LogP contribution is -2.44. The number of nitrogens with zero attached hydrogens (tertiary/aromatic N) is 3. The molecule has 0 atom stereocenters. The van der Waals surface area contributed by atoms with Gasteiger partial charge in [0.1, 0.15) is 17.2 Å². The monoisotopic (exact) mass is 313 g/mol. The van der Waals surface area contributed by atoms with E-state index in [1.165, 1.54) is 0 Å². The molecule has 1 aliphatic heterocycles. The fraction of sp³-hybridized carbons (Fsp3) is 0.375. The van der Waals surface area contributed by atoms with Crippen LogP contribution in [0.2, 0.25) is 0 Å². The van der Waals surface area contributed by atoms with Gasteiger partial charge in [0.25, 0.3) is 0 Å². The second kappa shape index (κ2) is 5.58. The Labute approximate surface area is 133 Å². The summed E-state index contributed by atoms with van der Waals surface area (Å²) in [6, 6.07) is 6.32. The maximum absolute atomic E-state index is 5.56. The molecule has 120 valence electrons. The van der Waals surface area contributed by atoms with Crippen LogP contribution in [-0.4, -0.2) is 55.4 Å². The number of aromatic nitrogens is 3. The third kappa shape index (κ3) is 2.24. The highest BCUT2D eigenvalue weighted by Crippen LogP contribution is 2.38. The molecule has 4 rings (SSSR count). The Kier molecular flexibility index (Phi) is 3.42. The lowest BCUT2D eigenvalue weighted by molar-refractivity contribution is 0.381. The van der Waals surface area contributed by atoms with Crippen LogP contribution in [0.1, 0.15) is 0 Å². The molecule has 23 heavy (non-hydrogen) atoms. The summed E-state index contributed by atoms with van der Waals surface area (Å²) < 4.78 is 10.8. The zero-order chi connectivity index (χ0) is 15.8. The van der Waals surface area contributed by atoms with Crippen molar-refractivity contribution in [1.29, 1.82) is 0 Å². The number of H-pyrrole nitrogens is 1. The molecule has 0 amide bonds. The van der Waals surface area contributed by atoms with E-state index in [1.54, 1.807) is 14.2 Å². The summed E-state index contributed by atoms with van der Waals surface area (Å²) in [5.41, 5.74) is 1.75. The summed E-state index contributed by atoms with van der Waals surface area (Å²) in [4.78, 5) is 14.7. The van der Waals surface area contributed by atoms with Crippen LogP contribution < -0.4 is 19.7 Å². The number of methoxy groups -OCH3 is 2. The van der Waals surface area contributed by atoms with Crippen molar-refractivity contribution in [3.8, 4) is 11.8 Å². The van der Waals surface area contributed by atoms with Crippen molar-refractivity contribution in [2.24, 2.45) is 0 Å². The van der Waals surface area contributed by atoms with Gasteiger partial charge in [-0.3, -0.25) is 0 Å². The van der Waals surface area contributed by atoms with Crippen LogP contribution in [0, 0.1) is 0 Å². The molecule has 0 unspecified atom stereocenters. The Morgan fingerprint density at radius 3 is 2.61 bits per heavy atom. The molecule has 2 N–H and O–H groups in total. The lowest BCUT2D eigenvalue weighted by atomic mass is 10.1. The van der Waals surface area contributed by atoms with Crippen LogP contribution in [0.4, 0.5) is 5.82 Å². The Morgan fingerprint density at radius 2 is 1.87 bits per heavy atom. The zero-order valence-corrected chi connectivity index (χ0v) is 13.2. The van der Waals surface area contributed by atoms with Crippen LogP contribution in [0.15, 0.2) is 18.2 Å². The third-order valence-corrected chi connectivity index (χ3v) is 4.22. The van der Waals surface area contributed by atoms with E-state index in [-0.39, 0.29) is 0 Å². The van der Waals surface area contributed by atoms with Gasteiger partial charge >= 0.3 is 6.01 Å². The first-order valence-electron chi connectivity index (χ1n) is 7.68. The Bertz CT molecular complexity index is 854. The molecular weight excluding hydrogens is 294 g/mol. The summed E-state index contributed by atoms with van der Waals surface area (Å²) in [6.45, 7) is 3.68. The first kappa shape index (κ1) is 14.1. The van der Waals surface area contributed by atoms with Gasteiger partial charge in [0, 0.05) is 26.2 Å². The number of fused-ring (bicyclic) bond motifs is 3. The molecule has 2 aromatic heterocycles. The van der Waals surface area contributed by atoms with Gasteiger partial charge in [-0.1, -0.05) is 6.07 Å². The minimum Gasteiger partial charge on any atom is -0.496 e. The van der Waals surface area contributed by atoms with E-state index >= 15 is 0 Å². The molecule has 0 aliphatic carbocycles. The molecule has 1 fully saturated rings. The molecule has 3 aromatic rings. The molecule has 3 heterocycles. The molecule has 0 spiro atoms. The predicted octanol–water partition coefficient (Wildman–Crippen LogP) is 1.54. The van der Waals surface area contributed by atoms with Gasteiger partial charge < -0.3 is 24.7 Å². The van der Waals surface area contributed by atoms with Crippen molar-refractivity contribution in [3.05, 3.63) is 18.2 Å². The summed E-state index contributed by atoms with van der Waals surface area (Å²) in [6.07, 6.45) is 0. The number of rotatable bonds is 3. The van der Waals surface area contributed by atoms with Crippen molar-refractivity contribution in [3.63, 3.8) is 0 Å². The molecule has 7 nitrogen and oxygen atoms in total. The molecule has 0 bridgehead atoms. The highest BCUT2D eigenvalue weighted by molar-refractivity contribution is 6.14.